The molecule has 65 heavy (non-hydrogen) atoms. The monoisotopic (exact) mass is 905 g/mol. The van der Waals surface area contributed by atoms with Gasteiger partial charge in [-0.05, 0) is 74.2 Å². The summed E-state index contributed by atoms with van der Waals surface area (Å²) in [6.45, 7) is 7.17. The lowest BCUT2D eigenvalue weighted by Crippen LogP contribution is -2.81. The van der Waals surface area contributed by atoms with Crippen LogP contribution in [-0.4, -0.2) is 140 Å². The number of H-pyrrole nitrogens is 1. The van der Waals surface area contributed by atoms with Crippen molar-refractivity contribution in [1.29, 1.82) is 0 Å². The van der Waals surface area contributed by atoms with E-state index in [4.69, 9.17) is 18.9 Å². The van der Waals surface area contributed by atoms with Crippen LogP contribution in [0.5, 0.6) is 5.75 Å². The van der Waals surface area contributed by atoms with Crippen LogP contribution in [0.15, 0.2) is 48.6 Å². The summed E-state index contributed by atoms with van der Waals surface area (Å²) in [5.41, 5.74) is -3.45. The van der Waals surface area contributed by atoms with Crippen molar-refractivity contribution in [3.05, 3.63) is 70.9 Å². The minimum atomic E-state index is -5.10. The third-order valence-corrected chi connectivity index (χ3v) is 16.3. The van der Waals surface area contributed by atoms with E-state index < -0.39 is 81.5 Å². The Hall–Kier alpha value is -5.13. The van der Waals surface area contributed by atoms with Crippen molar-refractivity contribution >= 4 is 40.4 Å². The van der Waals surface area contributed by atoms with Crippen LogP contribution in [-0.2, 0) is 50.6 Å². The smallest absolute Gasteiger partial charge is 0.471 e. The van der Waals surface area contributed by atoms with Crippen molar-refractivity contribution in [2.24, 2.45) is 11.3 Å². The average molecular weight is 906 g/mol. The highest BCUT2D eigenvalue weighted by molar-refractivity contribution is 5.95. The van der Waals surface area contributed by atoms with E-state index in [1.54, 1.807) is 14.0 Å². The number of amides is 1. The van der Waals surface area contributed by atoms with Crippen molar-refractivity contribution in [1.82, 2.24) is 20.1 Å². The molecule has 2 aromatic carbocycles. The Labute approximate surface area is 375 Å². The van der Waals surface area contributed by atoms with Gasteiger partial charge in [-0.25, -0.2) is 4.79 Å². The fourth-order valence-electron chi connectivity index (χ4n) is 14.0. The second-order valence-electron chi connectivity index (χ2n) is 19.2. The molecule has 5 aliphatic heterocycles. The Morgan fingerprint density at radius 3 is 2.37 bits per heavy atom. The maximum atomic E-state index is 15.5. The number of hydrogen-bond acceptors (Lipinski definition) is 12. The first-order valence-corrected chi connectivity index (χ1v) is 22.5. The van der Waals surface area contributed by atoms with E-state index in [-0.39, 0.29) is 25.8 Å². The largest absolute Gasteiger partial charge is 0.496 e. The third kappa shape index (κ3) is 6.16. The van der Waals surface area contributed by atoms with Gasteiger partial charge in [-0.2, -0.15) is 13.2 Å². The maximum absolute atomic E-state index is 15.5. The van der Waals surface area contributed by atoms with Gasteiger partial charge in [0.15, 0.2) is 6.10 Å². The second kappa shape index (κ2) is 15.5. The summed E-state index contributed by atoms with van der Waals surface area (Å²) in [4.78, 5) is 65.6. The number of halogens is 3. The van der Waals surface area contributed by atoms with Crippen LogP contribution < -0.4 is 15.0 Å². The predicted molar refractivity (Wildman–Crippen MR) is 232 cm³/mol. The number of likely N-dealkylation sites (N-methyl/N-ethyl adjacent to an activating group) is 1. The van der Waals surface area contributed by atoms with Crippen LogP contribution in [0.4, 0.5) is 18.9 Å². The van der Waals surface area contributed by atoms with Crippen molar-refractivity contribution in [3.8, 4) is 5.75 Å². The summed E-state index contributed by atoms with van der Waals surface area (Å²) in [5.74, 6) is -4.40. The Bertz CT molecular complexity index is 2490. The Kier molecular flexibility index (Phi) is 10.7. The number of nitrogens with one attached hydrogen (secondary N) is 2. The fraction of sp³-hybridized carbons (Fsp3) is 0.583. The molecule has 3 N–H and O–H groups in total. The summed E-state index contributed by atoms with van der Waals surface area (Å²) in [6, 6.07) is 10.1. The van der Waals surface area contributed by atoms with E-state index in [1.165, 1.54) is 28.3 Å². The van der Waals surface area contributed by atoms with Crippen molar-refractivity contribution in [3.63, 3.8) is 0 Å². The number of ether oxygens (including phenoxy) is 4. The number of benzene rings is 2. The number of para-hydroxylation sites is 1. The lowest BCUT2D eigenvalue weighted by atomic mass is 9.47. The number of carbonyl (C=O) groups is 4. The molecule has 10 atom stereocenters. The van der Waals surface area contributed by atoms with Crippen molar-refractivity contribution < 1.29 is 56.4 Å². The number of aromatic amines is 1. The Morgan fingerprint density at radius 2 is 1.71 bits per heavy atom. The molecule has 6 heterocycles. The first kappa shape index (κ1) is 45.0. The number of methoxy groups -OCH3 is 3. The van der Waals surface area contributed by atoms with E-state index in [9.17, 15) is 32.7 Å². The van der Waals surface area contributed by atoms with Crippen LogP contribution in [0, 0.1) is 11.3 Å². The lowest BCUT2D eigenvalue weighted by molar-refractivity contribution is -0.228. The van der Waals surface area contributed by atoms with Gasteiger partial charge >= 0.3 is 30.0 Å². The van der Waals surface area contributed by atoms with Gasteiger partial charge in [0.1, 0.15) is 11.2 Å². The highest BCUT2D eigenvalue weighted by atomic mass is 19.4. The number of hydrogen-bond donors (Lipinski definition) is 3. The molecule has 2 bridgehead atoms. The standard InChI is InChI=1S/C48H58F3N5O9/c1-8-43(53-40(58)48(49,50)51)23-28-24-46(41(59)63-6,36-30(15-19-55(25-28)26-43)29-13-10-11-14-33(29)52-36)32-21-31-34(22-35(32)62-5)54(4)38-45(31)17-20-56-18-12-16-44(9-2,37(45)56)39(65-27(3)57)47(38,61)42(60)64-7/h10-14,16,21-22,28,37-39,52,61H,8-9,15,17-20,23-26H2,1-7H3,(H,53,58)/t28-,37+,38-,39-,43+,44-,45-,46+,47+/m1/s1. The van der Waals surface area contributed by atoms with E-state index in [1.807, 2.05) is 60.4 Å². The highest BCUT2D eigenvalue weighted by Crippen LogP contribution is 2.68. The number of fused-ring (bicyclic) bond motifs is 6. The van der Waals surface area contributed by atoms with E-state index in [0.717, 1.165) is 22.0 Å². The number of esters is 3. The average Bonchev–Trinajstić information content (AvgIpc) is 3.95. The number of aromatic nitrogens is 1. The number of aliphatic hydroxyl groups is 1. The predicted octanol–water partition coefficient (Wildman–Crippen LogP) is 4.68. The molecular formula is C48H58F3N5O9. The first-order valence-electron chi connectivity index (χ1n) is 22.5. The molecule has 17 heteroatoms. The minimum Gasteiger partial charge on any atom is -0.496 e. The second-order valence-corrected chi connectivity index (χ2v) is 19.2. The summed E-state index contributed by atoms with van der Waals surface area (Å²) in [6.07, 6.45) is -0.798. The van der Waals surface area contributed by atoms with Gasteiger partial charge < -0.3 is 44.2 Å². The van der Waals surface area contributed by atoms with Crippen LogP contribution in [0.3, 0.4) is 0 Å². The SMILES string of the molecule is CC[C@]1(NC(=O)C(F)(F)F)C[C@H]2CN(CCc3c([nH]c4ccccc34)[C@@](C(=O)OC)(c3cc4c(cc3OC)N(C)[C@H]3[C@@](O)(C(=O)OC)[C@H](OC(C)=O)[C@]5(CC)C=CCN6CC[C@]43[C@@H]65)C2)C1. The van der Waals surface area contributed by atoms with Crippen LogP contribution >= 0.6 is 0 Å². The summed E-state index contributed by atoms with van der Waals surface area (Å²) in [5, 5.41) is 16.6. The number of nitrogens with zero attached hydrogens (tertiary/aromatic N) is 3. The van der Waals surface area contributed by atoms with Gasteiger partial charge in [-0.3, -0.25) is 19.3 Å². The molecule has 1 unspecified atom stereocenters. The van der Waals surface area contributed by atoms with Crippen LogP contribution in [0.1, 0.15) is 75.3 Å². The van der Waals surface area contributed by atoms with Gasteiger partial charge in [-0.15, -0.1) is 0 Å². The molecule has 1 amide bonds. The number of anilines is 1. The molecule has 6 aliphatic rings. The Balaban J connectivity index is 1.33. The van der Waals surface area contributed by atoms with Gasteiger partial charge in [-0.1, -0.05) is 44.2 Å². The van der Waals surface area contributed by atoms with E-state index >= 15 is 4.79 Å². The van der Waals surface area contributed by atoms with E-state index in [2.05, 4.69) is 20.1 Å². The molecule has 350 valence electrons. The van der Waals surface area contributed by atoms with Gasteiger partial charge in [0, 0.05) is 90.9 Å². The Morgan fingerprint density at radius 1 is 0.969 bits per heavy atom. The van der Waals surface area contributed by atoms with Gasteiger partial charge in [0.25, 0.3) is 0 Å². The molecule has 0 radical (unpaired) electrons. The fourth-order valence-corrected chi connectivity index (χ4v) is 14.0. The molecule has 9 rings (SSSR count). The zero-order valence-electron chi connectivity index (χ0n) is 37.9. The topological polar surface area (TPSA) is 163 Å². The zero-order valence-corrected chi connectivity index (χ0v) is 37.9. The molecule has 3 aromatic rings. The molecule has 1 spiro atoms. The van der Waals surface area contributed by atoms with Crippen molar-refractivity contribution in [2.45, 2.75) is 106 Å². The van der Waals surface area contributed by atoms with Gasteiger partial charge in [0.2, 0.25) is 5.60 Å². The minimum absolute atomic E-state index is 0.0544. The molecule has 14 nitrogen and oxygen atoms in total. The number of rotatable bonds is 8. The molecule has 1 aromatic heterocycles. The lowest BCUT2D eigenvalue weighted by Gasteiger charge is -2.63. The summed E-state index contributed by atoms with van der Waals surface area (Å²) >= 11 is 0. The first-order chi connectivity index (χ1) is 30.8. The van der Waals surface area contributed by atoms with Gasteiger partial charge in [0.05, 0.1) is 32.9 Å². The van der Waals surface area contributed by atoms with E-state index in [0.29, 0.717) is 68.1 Å². The quantitative estimate of drug-likeness (QED) is 0.163. The molecule has 2 saturated heterocycles. The summed E-state index contributed by atoms with van der Waals surface area (Å²) < 4.78 is 65.7. The normalized spacial score (nSPS) is 34.8. The third-order valence-electron chi connectivity index (χ3n) is 16.3. The number of piperidine rings is 1. The molecule has 3 fully saturated rings. The molecule has 1 saturated carbocycles. The zero-order chi connectivity index (χ0) is 46.6. The number of alkyl halides is 3. The van der Waals surface area contributed by atoms with Crippen molar-refractivity contribution in [2.75, 3.05) is 66.0 Å². The van der Waals surface area contributed by atoms with Crippen LogP contribution in [0.2, 0.25) is 0 Å². The van der Waals surface area contributed by atoms with Crippen LogP contribution in [0.25, 0.3) is 10.9 Å². The maximum Gasteiger partial charge on any atom is 0.471 e. The molecular weight excluding hydrogens is 848 g/mol. The highest BCUT2D eigenvalue weighted by Gasteiger charge is 2.80. The summed E-state index contributed by atoms with van der Waals surface area (Å²) in [7, 11) is 5.81. The number of carbonyl (C=O) groups excluding carboxylic acids is 4. The molecule has 1 aliphatic carbocycles.